The highest BCUT2D eigenvalue weighted by molar-refractivity contribution is 8.00. The Kier molecular flexibility index (Phi) is 6.41. The van der Waals surface area contributed by atoms with Crippen molar-refractivity contribution in [2.45, 2.75) is 43.6 Å². The van der Waals surface area contributed by atoms with Crippen LogP contribution in [0.3, 0.4) is 0 Å². The minimum Gasteiger partial charge on any atom is -0.351 e. The maximum absolute atomic E-state index is 13.0. The second-order valence-corrected chi connectivity index (χ2v) is 8.03. The quantitative estimate of drug-likeness (QED) is 0.613. The molecule has 0 bridgehead atoms. The van der Waals surface area contributed by atoms with Gasteiger partial charge < -0.3 is 5.32 Å². The van der Waals surface area contributed by atoms with Gasteiger partial charge in [0.25, 0.3) is 0 Å². The molecule has 0 aliphatic rings. The van der Waals surface area contributed by atoms with Crippen LogP contribution >= 0.6 is 11.8 Å². The summed E-state index contributed by atoms with van der Waals surface area (Å²) in [6.45, 7) is 6.41. The molecule has 0 fully saturated rings. The molecule has 3 aromatic rings. The van der Waals surface area contributed by atoms with Crippen LogP contribution in [0.25, 0.3) is 5.69 Å². The molecule has 0 spiro atoms. The highest BCUT2D eigenvalue weighted by atomic mass is 32.2. The molecule has 28 heavy (non-hydrogen) atoms. The van der Waals surface area contributed by atoms with Gasteiger partial charge in [0.2, 0.25) is 11.1 Å². The third-order valence-electron chi connectivity index (χ3n) is 4.28. The van der Waals surface area contributed by atoms with E-state index in [9.17, 15) is 9.18 Å². The Hall–Kier alpha value is -2.74. The van der Waals surface area contributed by atoms with Crippen molar-refractivity contribution in [2.75, 3.05) is 0 Å². The molecule has 1 N–H and O–H groups in total. The van der Waals surface area contributed by atoms with Crippen molar-refractivity contribution in [3.8, 4) is 5.69 Å². The van der Waals surface area contributed by atoms with Crippen LogP contribution in [0.4, 0.5) is 4.39 Å². The van der Waals surface area contributed by atoms with Gasteiger partial charge in [0.1, 0.15) is 5.82 Å². The van der Waals surface area contributed by atoms with Gasteiger partial charge >= 0.3 is 0 Å². The molecule has 6 nitrogen and oxygen atoms in total. The maximum Gasteiger partial charge on any atom is 0.233 e. The van der Waals surface area contributed by atoms with Crippen LogP contribution < -0.4 is 5.32 Å². The number of benzene rings is 2. The number of thioether (sulfide) groups is 1. The fourth-order valence-electron chi connectivity index (χ4n) is 2.56. The molecular weight excluding hydrogens is 377 g/mol. The molecule has 0 aliphatic heterocycles. The highest BCUT2D eigenvalue weighted by Gasteiger charge is 2.19. The molecule has 1 aromatic heterocycles. The minimum atomic E-state index is -0.389. The molecule has 0 aliphatic carbocycles. The van der Waals surface area contributed by atoms with E-state index in [1.54, 1.807) is 23.7 Å². The van der Waals surface area contributed by atoms with E-state index >= 15 is 0 Å². The number of nitrogens with zero attached hydrogens (tertiary/aromatic N) is 4. The van der Waals surface area contributed by atoms with Crippen LogP contribution in [0, 0.1) is 5.82 Å². The number of nitrogens with one attached hydrogen (secondary N) is 1. The fourth-order valence-corrected chi connectivity index (χ4v) is 3.39. The molecule has 1 amide bonds. The maximum atomic E-state index is 13.0. The number of rotatable bonds is 7. The number of tetrazole rings is 1. The zero-order valence-electron chi connectivity index (χ0n) is 16.0. The first-order valence-electron chi connectivity index (χ1n) is 9.01. The molecule has 2 aromatic carbocycles. The molecule has 8 heteroatoms. The standard InChI is InChI=1S/C20H22FN5OS/c1-13(2)16-6-10-18(11-7-16)26-20(23-24-25-26)28-14(3)19(27)22-12-15-4-8-17(21)9-5-15/h4-11,13-14H,12H2,1-3H3,(H,22,27)/t14-/m0/s1. The molecule has 146 valence electrons. The molecule has 0 radical (unpaired) electrons. The zero-order chi connectivity index (χ0) is 20.1. The van der Waals surface area contributed by atoms with Crippen LogP contribution in [0.2, 0.25) is 0 Å². The van der Waals surface area contributed by atoms with Crippen molar-refractivity contribution in [2.24, 2.45) is 0 Å². The van der Waals surface area contributed by atoms with Crippen LogP contribution in [-0.2, 0) is 11.3 Å². The second kappa shape index (κ2) is 8.97. The van der Waals surface area contributed by atoms with E-state index in [2.05, 4.69) is 46.8 Å². The Balaban J connectivity index is 1.62. The number of hydrogen-bond donors (Lipinski definition) is 1. The number of halogens is 1. The van der Waals surface area contributed by atoms with Gasteiger partial charge in [-0.1, -0.05) is 49.9 Å². The van der Waals surface area contributed by atoms with Gasteiger partial charge in [-0.25, -0.2) is 4.39 Å². The van der Waals surface area contributed by atoms with Gasteiger partial charge in [0, 0.05) is 6.54 Å². The number of carbonyl (C=O) groups excluding carboxylic acids is 1. The van der Waals surface area contributed by atoms with E-state index in [1.165, 1.54) is 29.5 Å². The summed E-state index contributed by atoms with van der Waals surface area (Å²) in [6, 6.07) is 14.1. The van der Waals surface area contributed by atoms with E-state index in [-0.39, 0.29) is 17.0 Å². The topological polar surface area (TPSA) is 72.7 Å². The van der Waals surface area contributed by atoms with Gasteiger partial charge in [0.05, 0.1) is 10.9 Å². The van der Waals surface area contributed by atoms with Crippen LogP contribution in [0.1, 0.15) is 37.8 Å². The lowest BCUT2D eigenvalue weighted by Gasteiger charge is -2.12. The molecule has 1 atom stereocenters. The summed E-state index contributed by atoms with van der Waals surface area (Å²) in [5.41, 5.74) is 2.91. The Morgan fingerprint density at radius 3 is 2.43 bits per heavy atom. The zero-order valence-corrected chi connectivity index (χ0v) is 16.8. The van der Waals surface area contributed by atoms with Gasteiger partial charge in [-0.05, 0) is 58.7 Å². The normalized spacial score (nSPS) is 12.2. The first-order valence-corrected chi connectivity index (χ1v) is 9.89. The molecular formula is C20H22FN5OS. The average molecular weight is 399 g/mol. The Bertz CT molecular complexity index is 925. The summed E-state index contributed by atoms with van der Waals surface area (Å²) >= 11 is 1.28. The number of aromatic nitrogens is 4. The summed E-state index contributed by atoms with van der Waals surface area (Å²) < 4.78 is 14.6. The second-order valence-electron chi connectivity index (χ2n) is 6.72. The largest absolute Gasteiger partial charge is 0.351 e. The van der Waals surface area contributed by atoms with Gasteiger partial charge in [0.15, 0.2) is 0 Å². The lowest BCUT2D eigenvalue weighted by Crippen LogP contribution is -2.30. The number of amides is 1. The number of carbonyl (C=O) groups is 1. The summed E-state index contributed by atoms with van der Waals surface area (Å²) in [5.74, 6) is 0.00730. The van der Waals surface area contributed by atoms with Crippen LogP contribution in [0.5, 0.6) is 0 Å². The van der Waals surface area contributed by atoms with E-state index in [4.69, 9.17) is 0 Å². The van der Waals surface area contributed by atoms with Crippen molar-refractivity contribution in [3.05, 3.63) is 65.5 Å². The predicted octanol–water partition coefficient (Wildman–Crippen LogP) is 3.72. The smallest absolute Gasteiger partial charge is 0.233 e. The van der Waals surface area contributed by atoms with E-state index < -0.39 is 0 Å². The van der Waals surface area contributed by atoms with Crippen LogP contribution in [0.15, 0.2) is 53.7 Å². The van der Waals surface area contributed by atoms with Gasteiger partial charge in [-0.3, -0.25) is 4.79 Å². The first-order chi connectivity index (χ1) is 13.4. The lowest BCUT2D eigenvalue weighted by molar-refractivity contribution is -0.120. The summed E-state index contributed by atoms with van der Waals surface area (Å²) in [6.07, 6.45) is 0. The van der Waals surface area contributed by atoms with E-state index in [1.807, 2.05) is 12.1 Å². The van der Waals surface area contributed by atoms with Crippen molar-refractivity contribution >= 4 is 17.7 Å². The first kappa shape index (κ1) is 20.0. The minimum absolute atomic E-state index is 0.140. The lowest BCUT2D eigenvalue weighted by atomic mass is 10.0. The van der Waals surface area contributed by atoms with Gasteiger partial charge in [-0.15, -0.1) is 5.10 Å². The van der Waals surface area contributed by atoms with Crippen molar-refractivity contribution in [1.29, 1.82) is 0 Å². The summed E-state index contributed by atoms with van der Waals surface area (Å²) in [7, 11) is 0. The molecule has 0 unspecified atom stereocenters. The predicted molar refractivity (Wildman–Crippen MR) is 107 cm³/mol. The number of hydrogen-bond acceptors (Lipinski definition) is 5. The Morgan fingerprint density at radius 1 is 1.11 bits per heavy atom. The van der Waals surface area contributed by atoms with Gasteiger partial charge in [-0.2, -0.15) is 4.68 Å². The third-order valence-corrected chi connectivity index (χ3v) is 5.31. The fraction of sp³-hybridized carbons (Fsp3) is 0.300. The van der Waals surface area contributed by atoms with E-state index in [0.717, 1.165) is 11.3 Å². The summed E-state index contributed by atoms with van der Waals surface area (Å²) in [5, 5.41) is 14.8. The van der Waals surface area contributed by atoms with Crippen molar-refractivity contribution < 1.29 is 9.18 Å². The highest BCUT2D eigenvalue weighted by Crippen LogP contribution is 2.24. The molecule has 0 saturated carbocycles. The summed E-state index contributed by atoms with van der Waals surface area (Å²) in [4.78, 5) is 12.4. The average Bonchev–Trinajstić information content (AvgIpc) is 3.15. The van der Waals surface area contributed by atoms with Crippen molar-refractivity contribution in [3.63, 3.8) is 0 Å². The molecule has 1 heterocycles. The van der Waals surface area contributed by atoms with E-state index in [0.29, 0.717) is 17.6 Å². The third kappa shape index (κ3) is 4.95. The SMILES string of the molecule is CC(C)c1ccc(-n2nnnc2S[C@@H](C)C(=O)NCc2ccc(F)cc2)cc1. The monoisotopic (exact) mass is 399 g/mol. The molecule has 3 rings (SSSR count). The Labute approximate surface area is 167 Å². The Morgan fingerprint density at radius 2 is 1.79 bits per heavy atom. The van der Waals surface area contributed by atoms with Crippen LogP contribution in [-0.4, -0.2) is 31.4 Å². The molecule has 0 saturated heterocycles. The van der Waals surface area contributed by atoms with Crippen molar-refractivity contribution in [1.82, 2.24) is 25.5 Å².